The van der Waals surface area contributed by atoms with Crippen molar-refractivity contribution in [2.45, 2.75) is 63.8 Å². The van der Waals surface area contributed by atoms with E-state index < -0.39 is 29.9 Å². The lowest BCUT2D eigenvalue weighted by molar-refractivity contribution is -0.165. The first kappa shape index (κ1) is 22.6. The molecule has 0 bridgehead atoms. The molecule has 2 unspecified atom stereocenters. The van der Waals surface area contributed by atoms with Crippen LogP contribution in [-0.4, -0.2) is 64.3 Å². The number of halogens is 3. The highest BCUT2D eigenvalue weighted by atomic mass is 19.4. The van der Waals surface area contributed by atoms with Gasteiger partial charge >= 0.3 is 6.18 Å². The lowest BCUT2D eigenvalue weighted by Crippen LogP contribution is -2.70. The van der Waals surface area contributed by atoms with Crippen LogP contribution in [-0.2, 0) is 15.8 Å². The van der Waals surface area contributed by atoms with E-state index in [1.165, 1.54) is 47.6 Å². The average Bonchev–Trinajstić information content (AvgIpc) is 3.28. The Morgan fingerprint density at radius 1 is 1.09 bits per heavy atom. The standard InChI is InChI=1S/C23H28F3N3O3/c1-15-21(31)27(12-10-16-4-2-3-5-16)14-19-28(13-11-20(30)29(15)19)22(32)17-6-8-18(9-7-17)23(24,25)26/h6-9,15-16,19H,2-5,10-14H2,1H3. The van der Waals surface area contributed by atoms with Crippen LogP contribution in [0.4, 0.5) is 13.2 Å². The summed E-state index contributed by atoms with van der Waals surface area (Å²) in [5.74, 6) is -0.119. The molecule has 1 saturated carbocycles. The van der Waals surface area contributed by atoms with Crippen LogP contribution in [0.2, 0.25) is 0 Å². The van der Waals surface area contributed by atoms with Gasteiger partial charge in [0.15, 0.2) is 0 Å². The van der Waals surface area contributed by atoms with Crippen LogP contribution in [0.3, 0.4) is 0 Å². The van der Waals surface area contributed by atoms with E-state index in [1.54, 1.807) is 11.8 Å². The van der Waals surface area contributed by atoms with Gasteiger partial charge < -0.3 is 14.7 Å². The number of hydrogen-bond donors (Lipinski definition) is 0. The van der Waals surface area contributed by atoms with E-state index in [0.29, 0.717) is 12.5 Å². The molecular weight excluding hydrogens is 423 g/mol. The molecule has 0 N–H and O–H groups in total. The van der Waals surface area contributed by atoms with Crippen molar-refractivity contribution in [3.63, 3.8) is 0 Å². The zero-order valence-electron chi connectivity index (χ0n) is 18.1. The molecule has 1 aromatic rings. The van der Waals surface area contributed by atoms with Gasteiger partial charge in [0.2, 0.25) is 11.8 Å². The molecule has 3 amide bonds. The predicted molar refractivity (Wildman–Crippen MR) is 110 cm³/mol. The average molecular weight is 451 g/mol. The summed E-state index contributed by atoms with van der Waals surface area (Å²) in [6.45, 7) is 2.68. The van der Waals surface area contributed by atoms with E-state index in [9.17, 15) is 27.6 Å². The Kier molecular flexibility index (Phi) is 6.18. The number of benzene rings is 1. The molecule has 2 saturated heterocycles. The molecule has 3 fully saturated rings. The number of nitrogens with zero attached hydrogens (tertiary/aromatic N) is 3. The third kappa shape index (κ3) is 4.34. The number of amides is 3. The van der Waals surface area contributed by atoms with Gasteiger partial charge in [-0.3, -0.25) is 14.4 Å². The van der Waals surface area contributed by atoms with Gasteiger partial charge in [-0.25, -0.2) is 0 Å². The zero-order chi connectivity index (χ0) is 23.0. The highest BCUT2D eigenvalue weighted by Crippen LogP contribution is 2.32. The summed E-state index contributed by atoms with van der Waals surface area (Å²) in [7, 11) is 0. The highest BCUT2D eigenvalue weighted by Gasteiger charge is 2.47. The van der Waals surface area contributed by atoms with Crippen LogP contribution in [0.5, 0.6) is 0 Å². The molecule has 32 heavy (non-hydrogen) atoms. The van der Waals surface area contributed by atoms with Crippen molar-refractivity contribution in [3.8, 4) is 0 Å². The van der Waals surface area contributed by atoms with Crippen molar-refractivity contribution >= 4 is 17.7 Å². The van der Waals surface area contributed by atoms with Crippen LogP contribution in [0.1, 0.15) is 61.4 Å². The van der Waals surface area contributed by atoms with Crippen molar-refractivity contribution < 1.29 is 27.6 Å². The van der Waals surface area contributed by atoms with Gasteiger partial charge in [-0.05, 0) is 43.5 Å². The van der Waals surface area contributed by atoms with E-state index in [-0.39, 0.29) is 36.9 Å². The van der Waals surface area contributed by atoms with E-state index in [1.807, 2.05) is 0 Å². The molecule has 0 aromatic heterocycles. The fourth-order valence-electron chi connectivity index (χ4n) is 5.18. The molecule has 174 valence electrons. The Hall–Kier alpha value is -2.58. The van der Waals surface area contributed by atoms with E-state index in [0.717, 1.165) is 18.6 Å². The number of piperazine rings is 1. The molecule has 0 spiro atoms. The molecule has 6 nitrogen and oxygen atoms in total. The number of fused-ring (bicyclic) bond motifs is 1. The summed E-state index contributed by atoms with van der Waals surface area (Å²) in [5.41, 5.74) is -0.686. The first-order valence-corrected chi connectivity index (χ1v) is 11.2. The fraction of sp³-hybridized carbons (Fsp3) is 0.609. The van der Waals surface area contributed by atoms with Gasteiger partial charge in [-0.1, -0.05) is 25.7 Å². The summed E-state index contributed by atoms with van der Waals surface area (Å²) in [6.07, 6.45) is 0.685. The second-order valence-corrected chi connectivity index (χ2v) is 9.00. The highest BCUT2D eigenvalue weighted by molar-refractivity contribution is 5.97. The van der Waals surface area contributed by atoms with Crippen LogP contribution < -0.4 is 0 Å². The van der Waals surface area contributed by atoms with Crippen molar-refractivity contribution in [1.29, 1.82) is 0 Å². The van der Waals surface area contributed by atoms with E-state index >= 15 is 0 Å². The summed E-state index contributed by atoms with van der Waals surface area (Å²) in [4.78, 5) is 43.5. The Balaban J connectivity index is 1.53. The molecule has 2 aliphatic heterocycles. The quantitative estimate of drug-likeness (QED) is 0.704. The zero-order valence-corrected chi connectivity index (χ0v) is 18.1. The molecule has 3 aliphatic rings. The number of alkyl halides is 3. The molecular formula is C23H28F3N3O3. The molecule has 0 radical (unpaired) electrons. The molecule has 2 atom stereocenters. The van der Waals surface area contributed by atoms with Crippen molar-refractivity contribution in [2.75, 3.05) is 19.6 Å². The van der Waals surface area contributed by atoms with E-state index in [4.69, 9.17) is 0 Å². The largest absolute Gasteiger partial charge is 0.416 e. The monoisotopic (exact) mass is 451 g/mol. The van der Waals surface area contributed by atoms with Crippen LogP contribution in [0.15, 0.2) is 24.3 Å². The molecule has 4 rings (SSSR count). The lowest BCUT2D eigenvalue weighted by atomic mass is 10.0. The van der Waals surface area contributed by atoms with Crippen molar-refractivity contribution in [3.05, 3.63) is 35.4 Å². The minimum absolute atomic E-state index is 0.0859. The fourth-order valence-corrected chi connectivity index (χ4v) is 5.18. The Bertz CT molecular complexity index is 881. The van der Waals surface area contributed by atoms with Gasteiger partial charge in [-0.2, -0.15) is 13.2 Å². The first-order chi connectivity index (χ1) is 15.2. The van der Waals surface area contributed by atoms with Crippen LogP contribution >= 0.6 is 0 Å². The Morgan fingerprint density at radius 2 is 1.75 bits per heavy atom. The normalized spacial score (nSPS) is 24.8. The van der Waals surface area contributed by atoms with Crippen molar-refractivity contribution in [1.82, 2.24) is 14.7 Å². The van der Waals surface area contributed by atoms with Crippen molar-refractivity contribution in [2.24, 2.45) is 5.92 Å². The second kappa shape index (κ2) is 8.75. The lowest BCUT2D eigenvalue weighted by Gasteiger charge is -2.51. The second-order valence-electron chi connectivity index (χ2n) is 9.00. The third-order valence-electron chi connectivity index (χ3n) is 7.01. The van der Waals surface area contributed by atoms with Gasteiger partial charge in [-0.15, -0.1) is 0 Å². The SMILES string of the molecule is CC1C(=O)N(CCC2CCCC2)CC2N(C(=O)c3ccc(C(F)(F)F)cc3)CCC(=O)N12. The smallest absolute Gasteiger partial charge is 0.337 e. The minimum atomic E-state index is -4.48. The number of carbonyl (C=O) groups is 3. The number of hydrogen-bond acceptors (Lipinski definition) is 3. The molecule has 1 aromatic carbocycles. The minimum Gasteiger partial charge on any atom is -0.337 e. The Labute approximate surface area is 185 Å². The maximum Gasteiger partial charge on any atom is 0.416 e. The summed E-state index contributed by atoms with van der Waals surface area (Å²) in [6, 6.07) is 3.44. The summed E-state index contributed by atoms with van der Waals surface area (Å²) in [5, 5.41) is 0. The molecule has 2 heterocycles. The number of carbonyl (C=O) groups excluding carboxylic acids is 3. The molecule has 1 aliphatic carbocycles. The van der Waals surface area contributed by atoms with Crippen LogP contribution in [0.25, 0.3) is 0 Å². The maximum absolute atomic E-state index is 13.2. The predicted octanol–water partition coefficient (Wildman–Crippen LogP) is 3.52. The maximum atomic E-state index is 13.2. The first-order valence-electron chi connectivity index (χ1n) is 11.2. The molecule has 9 heteroatoms. The van der Waals surface area contributed by atoms with Gasteiger partial charge in [0.1, 0.15) is 12.2 Å². The van der Waals surface area contributed by atoms with Gasteiger partial charge in [0.05, 0.1) is 12.1 Å². The summed E-state index contributed by atoms with van der Waals surface area (Å²) >= 11 is 0. The van der Waals surface area contributed by atoms with Gasteiger partial charge in [0.25, 0.3) is 5.91 Å². The Morgan fingerprint density at radius 3 is 2.38 bits per heavy atom. The third-order valence-corrected chi connectivity index (χ3v) is 7.01. The van der Waals surface area contributed by atoms with Gasteiger partial charge in [0, 0.05) is 25.1 Å². The summed E-state index contributed by atoms with van der Waals surface area (Å²) < 4.78 is 38.6. The number of rotatable bonds is 4. The topological polar surface area (TPSA) is 60.9 Å². The van der Waals surface area contributed by atoms with E-state index in [2.05, 4.69) is 0 Å². The van der Waals surface area contributed by atoms with Crippen LogP contribution in [0, 0.1) is 5.92 Å².